The van der Waals surface area contributed by atoms with E-state index in [1.807, 2.05) is 25.1 Å². The van der Waals surface area contributed by atoms with Crippen molar-refractivity contribution in [2.75, 3.05) is 10.6 Å². The topological polar surface area (TPSA) is 75.6 Å². The molecule has 2 saturated carbocycles. The van der Waals surface area contributed by atoms with Crippen LogP contribution < -0.4 is 10.6 Å². The lowest BCUT2D eigenvalue weighted by atomic mass is 10.2. The SMILES string of the molecule is Cc1cccc(-c2nc(N[C@H](C)C3CC3)nc(N[C@H](C)C3CC3)n2)n1. The number of rotatable bonds is 7. The van der Waals surface area contributed by atoms with Crippen LogP contribution in [0.2, 0.25) is 0 Å². The first-order valence-corrected chi connectivity index (χ1v) is 9.31. The van der Waals surface area contributed by atoms with Gasteiger partial charge in [0.05, 0.1) is 0 Å². The normalized spacial score (nSPS) is 19.3. The highest BCUT2D eigenvalue weighted by atomic mass is 15.2. The minimum absolute atomic E-state index is 0.384. The van der Waals surface area contributed by atoms with Crippen LogP contribution >= 0.6 is 0 Å². The summed E-state index contributed by atoms with van der Waals surface area (Å²) in [4.78, 5) is 18.4. The van der Waals surface area contributed by atoms with Crippen molar-refractivity contribution in [3.05, 3.63) is 23.9 Å². The number of pyridine rings is 1. The number of nitrogens with one attached hydrogen (secondary N) is 2. The van der Waals surface area contributed by atoms with Crippen LogP contribution in [0.15, 0.2) is 18.2 Å². The molecule has 25 heavy (non-hydrogen) atoms. The number of aryl methyl sites for hydroxylation is 1. The number of aromatic nitrogens is 4. The molecule has 2 heterocycles. The average molecular weight is 338 g/mol. The summed E-state index contributed by atoms with van der Waals surface area (Å²) < 4.78 is 0. The molecule has 0 unspecified atom stereocenters. The Bertz CT molecular complexity index is 715. The molecule has 0 radical (unpaired) electrons. The van der Waals surface area contributed by atoms with E-state index in [2.05, 4.69) is 44.4 Å². The fourth-order valence-electron chi connectivity index (χ4n) is 3.12. The largest absolute Gasteiger partial charge is 0.351 e. The summed E-state index contributed by atoms with van der Waals surface area (Å²) in [5.74, 6) is 3.37. The molecule has 0 aromatic carbocycles. The summed E-state index contributed by atoms with van der Waals surface area (Å²) in [5, 5.41) is 6.91. The van der Waals surface area contributed by atoms with Gasteiger partial charge >= 0.3 is 0 Å². The van der Waals surface area contributed by atoms with Gasteiger partial charge in [-0.3, -0.25) is 0 Å². The van der Waals surface area contributed by atoms with Crippen molar-refractivity contribution in [2.24, 2.45) is 11.8 Å². The van der Waals surface area contributed by atoms with Gasteiger partial charge < -0.3 is 10.6 Å². The van der Waals surface area contributed by atoms with E-state index < -0.39 is 0 Å². The second-order valence-electron chi connectivity index (χ2n) is 7.51. The Morgan fingerprint density at radius 2 is 1.40 bits per heavy atom. The molecule has 4 rings (SSSR count). The van der Waals surface area contributed by atoms with Gasteiger partial charge in [0.2, 0.25) is 11.9 Å². The minimum atomic E-state index is 0.384. The third-order valence-electron chi connectivity index (χ3n) is 5.12. The van der Waals surface area contributed by atoms with Crippen molar-refractivity contribution < 1.29 is 0 Å². The monoisotopic (exact) mass is 338 g/mol. The van der Waals surface area contributed by atoms with Gasteiger partial charge in [-0.2, -0.15) is 15.0 Å². The van der Waals surface area contributed by atoms with Gasteiger partial charge in [-0.05, 0) is 70.4 Å². The van der Waals surface area contributed by atoms with Crippen LogP contribution in [-0.4, -0.2) is 32.0 Å². The van der Waals surface area contributed by atoms with Crippen molar-refractivity contribution in [1.82, 2.24) is 19.9 Å². The second kappa shape index (κ2) is 6.58. The van der Waals surface area contributed by atoms with E-state index in [4.69, 9.17) is 0 Å². The molecule has 0 saturated heterocycles. The summed E-state index contributed by atoms with van der Waals surface area (Å²) in [5.41, 5.74) is 1.74. The zero-order valence-electron chi connectivity index (χ0n) is 15.2. The Labute approximate surface area is 148 Å². The lowest BCUT2D eigenvalue weighted by Gasteiger charge is -2.17. The highest BCUT2D eigenvalue weighted by Gasteiger charge is 2.30. The van der Waals surface area contributed by atoms with Crippen molar-refractivity contribution in [1.29, 1.82) is 0 Å². The molecular formula is C19H26N6. The third kappa shape index (κ3) is 4.06. The first-order chi connectivity index (χ1) is 12.1. The molecule has 2 fully saturated rings. The molecule has 6 heteroatoms. The number of hydrogen-bond donors (Lipinski definition) is 2. The van der Waals surface area contributed by atoms with Crippen LogP contribution in [0.25, 0.3) is 11.5 Å². The number of nitrogens with zero attached hydrogens (tertiary/aromatic N) is 4. The molecule has 0 bridgehead atoms. The summed E-state index contributed by atoms with van der Waals surface area (Å²) in [6.45, 7) is 6.38. The molecule has 0 aliphatic heterocycles. The molecule has 2 atom stereocenters. The first kappa shape index (κ1) is 16.2. The van der Waals surface area contributed by atoms with E-state index >= 15 is 0 Å². The van der Waals surface area contributed by atoms with Crippen molar-refractivity contribution >= 4 is 11.9 Å². The molecule has 6 nitrogen and oxygen atoms in total. The zero-order chi connectivity index (χ0) is 17.4. The highest BCUT2D eigenvalue weighted by molar-refractivity contribution is 5.54. The smallest absolute Gasteiger partial charge is 0.228 e. The van der Waals surface area contributed by atoms with E-state index in [0.717, 1.165) is 23.2 Å². The standard InChI is InChI=1S/C19H26N6/c1-11-5-4-6-16(20-11)17-23-18(21-12(2)14-7-8-14)25-19(24-17)22-13(3)15-9-10-15/h4-6,12-15H,7-10H2,1-3H3,(H2,21,22,23,24,25)/t12-,13-/m1/s1. The van der Waals surface area contributed by atoms with Gasteiger partial charge in [0.1, 0.15) is 5.69 Å². The van der Waals surface area contributed by atoms with Gasteiger partial charge in [-0.15, -0.1) is 0 Å². The minimum Gasteiger partial charge on any atom is -0.351 e. The summed E-state index contributed by atoms with van der Waals surface area (Å²) in [6.07, 6.45) is 5.15. The maximum atomic E-state index is 4.63. The molecule has 2 aliphatic carbocycles. The lowest BCUT2D eigenvalue weighted by molar-refractivity contribution is 0.676. The zero-order valence-corrected chi connectivity index (χ0v) is 15.2. The summed E-state index contributed by atoms with van der Waals surface area (Å²) in [7, 11) is 0. The van der Waals surface area contributed by atoms with Crippen LogP contribution in [-0.2, 0) is 0 Å². The van der Waals surface area contributed by atoms with Crippen molar-refractivity contribution in [2.45, 2.75) is 58.5 Å². The fraction of sp³-hybridized carbons (Fsp3) is 0.579. The van der Waals surface area contributed by atoms with Crippen LogP contribution in [0.4, 0.5) is 11.9 Å². The molecule has 2 aromatic rings. The Balaban J connectivity index is 1.63. The van der Waals surface area contributed by atoms with E-state index in [1.54, 1.807) is 0 Å². The van der Waals surface area contributed by atoms with E-state index in [1.165, 1.54) is 25.7 Å². The molecule has 132 valence electrons. The summed E-state index contributed by atoms with van der Waals surface area (Å²) in [6, 6.07) is 6.68. The molecule has 2 N–H and O–H groups in total. The third-order valence-corrected chi connectivity index (χ3v) is 5.12. The van der Waals surface area contributed by atoms with E-state index in [0.29, 0.717) is 29.8 Å². The van der Waals surface area contributed by atoms with Crippen molar-refractivity contribution in [3.8, 4) is 11.5 Å². The van der Waals surface area contributed by atoms with Gasteiger partial charge in [0, 0.05) is 17.8 Å². The highest BCUT2D eigenvalue weighted by Crippen LogP contribution is 2.35. The maximum Gasteiger partial charge on any atom is 0.228 e. The first-order valence-electron chi connectivity index (χ1n) is 9.31. The Morgan fingerprint density at radius 1 is 0.840 bits per heavy atom. The Kier molecular flexibility index (Phi) is 4.27. The molecular weight excluding hydrogens is 312 g/mol. The second-order valence-corrected chi connectivity index (χ2v) is 7.51. The van der Waals surface area contributed by atoms with E-state index in [9.17, 15) is 0 Å². The molecule has 0 spiro atoms. The predicted octanol–water partition coefficient (Wildman–Crippen LogP) is 3.66. The number of hydrogen-bond acceptors (Lipinski definition) is 6. The van der Waals surface area contributed by atoms with Crippen LogP contribution in [0.5, 0.6) is 0 Å². The van der Waals surface area contributed by atoms with Crippen molar-refractivity contribution in [3.63, 3.8) is 0 Å². The Morgan fingerprint density at radius 3 is 1.88 bits per heavy atom. The fourth-order valence-corrected chi connectivity index (χ4v) is 3.12. The van der Waals surface area contributed by atoms with Gasteiger partial charge in [-0.1, -0.05) is 6.07 Å². The van der Waals surface area contributed by atoms with Gasteiger partial charge in [-0.25, -0.2) is 4.98 Å². The Hall–Kier alpha value is -2.24. The summed E-state index contributed by atoms with van der Waals surface area (Å²) >= 11 is 0. The van der Waals surface area contributed by atoms with Crippen LogP contribution in [0, 0.1) is 18.8 Å². The van der Waals surface area contributed by atoms with Crippen LogP contribution in [0.3, 0.4) is 0 Å². The average Bonchev–Trinajstić information content (AvgIpc) is 3.48. The quantitative estimate of drug-likeness (QED) is 0.802. The van der Waals surface area contributed by atoms with Crippen LogP contribution in [0.1, 0.15) is 45.2 Å². The predicted molar refractivity (Wildman–Crippen MR) is 99.4 cm³/mol. The molecule has 2 aromatic heterocycles. The maximum absolute atomic E-state index is 4.63. The number of anilines is 2. The molecule has 2 aliphatic rings. The van der Waals surface area contributed by atoms with E-state index in [-0.39, 0.29) is 0 Å². The van der Waals surface area contributed by atoms with Gasteiger partial charge in [0.25, 0.3) is 0 Å². The molecule has 0 amide bonds. The lowest BCUT2D eigenvalue weighted by Crippen LogP contribution is -2.23. The van der Waals surface area contributed by atoms with Gasteiger partial charge in [0.15, 0.2) is 5.82 Å².